The van der Waals surface area contributed by atoms with Gasteiger partial charge >= 0.3 is 7.12 Å². The molecule has 6 heteroatoms. The summed E-state index contributed by atoms with van der Waals surface area (Å²) in [5.41, 5.74) is 6.01. The zero-order valence-corrected chi connectivity index (χ0v) is 11.4. The van der Waals surface area contributed by atoms with Crippen LogP contribution in [0.15, 0.2) is 0 Å². The number of rotatable bonds is 8. The molecule has 0 radical (unpaired) electrons. The van der Waals surface area contributed by atoms with Gasteiger partial charge < -0.3 is 25.8 Å². The van der Waals surface area contributed by atoms with E-state index in [1.165, 1.54) is 0 Å². The molecule has 1 aliphatic heterocycles. The van der Waals surface area contributed by atoms with Crippen LogP contribution in [0.1, 0.15) is 39.0 Å². The largest absolute Gasteiger partial charge is 0.451 e. The highest BCUT2D eigenvalue weighted by atomic mass is 16.5. The quantitative estimate of drug-likeness (QED) is 0.367. The molecule has 1 aliphatic rings. The third kappa shape index (κ3) is 7.33. The van der Waals surface area contributed by atoms with Crippen LogP contribution in [0.4, 0.5) is 0 Å². The van der Waals surface area contributed by atoms with Gasteiger partial charge in [0.25, 0.3) is 0 Å². The van der Waals surface area contributed by atoms with Gasteiger partial charge in [-0.05, 0) is 32.5 Å². The van der Waals surface area contributed by atoms with Crippen LogP contribution < -0.4 is 11.1 Å². The fourth-order valence-electron chi connectivity index (χ4n) is 2.22. The molecule has 1 atom stereocenters. The van der Waals surface area contributed by atoms with E-state index >= 15 is 0 Å². The van der Waals surface area contributed by atoms with Gasteiger partial charge in [0.15, 0.2) is 0 Å². The van der Waals surface area contributed by atoms with E-state index < -0.39 is 7.12 Å². The monoisotopic (exact) mass is 258 g/mol. The Balaban J connectivity index is 2.09. The number of unbranched alkanes of at least 4 members (excludes halogenated alkanes) is 1. The van der Waals surface area contributed by atoms with Crippen molar-refractivity contribution >= 4 is 7.12 Å². The van der Waals surface area contributed by atoms with Gasteiger partial charge in [-0.15, -0.1) is 0 Å². The molecule has 5 nitrogen and oxygen atoms in total. The van der Waals surface area contributed by atoms with E-state index in [4.69, 9.17) is 20.5 Å². The number of hydrogen-bond donors (Lipinski definition) is 4. The van der Waals surface area contributed by atoms with Gasteiger partial charge in [-0.3, -0.25) is 0 Å². The summed E-state index contributed by atoms with van der Waals surface area (Å²) in [6.07, 6.45) is 5.20. The fraction of sp³-hybridized carbons (Fsp3) is 1.00. The van der Waals surface area contributed by atoms with Crippen LogP contribution in [0.2, 0.25) is 6.32 Å². The van der Waals surface area contributed by atoms with Gasteiger partial charge in [0.1, 0.15) is 0 Å². The molecule has 1 fully saturated rings. The molecule has 0 aromatic heterocycles. The Hall–Kier alpha value is -0.135. The lowest BCUT2D eigenvalue weighted by molar-refractivity contribution is 0.0764. The van der Waals surface area contributed by atoms with Crippen LogP contribution in [-0.4, -0.2) is 48.5 Å². The first-order chi connectivity index (χ1) is 8.49. The van der Waals surface area contributed by atoms with Crippen LogP contribution in [0.25, 0.3) is 0 Å². The number of nitrogens with two attached hydrogens (primary N) is 1. The maximum absolute atomic E-state index is 8.76. The molecule has 1 unspecified atom stereocenters. The van der Waals surface area contributed by atoms with E-state index in [1.807, 2.05) is 0 Å². The first kappa shape index (κ1) is 15.9. The van der Waals surface area contributed by atoms with E-state index in [9.17, 15) is 0 Å². The van der Waals surface area contributed by atoms with Crippen molar-refractivity contribution in [3.05, 3.63) is 0 Å². The molecule has 0 spiro atoms. The highest BCUT2D eigenvalue weighted by Gasteiger charge is 2.21. The Kier molecular flexibility index (Phi) is 7.18. The van der Waals surface area contributed by atoms with E-state index in [2.05, 4.69) is 12.2 Å². The first-order valence-electron chi connectivity index (χ1n) is 6.96. The van der Waals surface area contributed by atoms with Gasteiger partial charge in [-0.1, -0.05) is 12.8 Å². The topological polar surface area (TPSA) is 87.7 Å². The lowest BCUT2D eigenvalue weighted by Gasteiger charge is -2.30. The SMILES string of the molecule is CC(N)(CCCCB(O)O)CNC1CCOCC1. The molecule has 0 aliphatic carbocycles. The zero-order valence-electron chi connectivity index (χ0n) is 11.4. The van der Waals surface area contributed by atoms with Crippen molar-refractivity contribution in [2.24, 2.45) is 5.73 Å². The first-order valence-corrected chi connectivity index (χ1v) is 6.96. The van der Waals surface area contributed by atoms with E-state index in [1.54, 1.807) is 0 Å². The average molecular weight is 258 g/mol. The van der Waals surface area contributed by atoms with E-state index in [0.29, 0.717) is 12.4 Å². The second-order valence-electron chi connectivity index (χ2n) is 5.65. The summed E-state index contributed by atoms with van der Waals surface area (Å²) < 4.78 is 5.31. The smallest absolute Gasteiger partial charge is 0.427 e. The molecule has 0 bridgehead atoms. The van der Waals surface area contributed by atoms with Gasteiger partial charge in [-0.25, -0.2) is 0 Å². The average Bonchev–Trinajstić information content (AvgIpc) is 2.34. The van der Waals surface area contributed by atoms with Crippen LogP contribution in [0.5, 0.6) is 0 Å². The zero-order chi connectivity index (χ0) is 13.4. The summed E-state index contributed by atoms with van der Waals surface area (Å²) in [6, 6.07) is 0.529. The van der Waals surface area contributed by atoms with Crippen molar-refractivity contribution in [2.75, 3.05) is 19.8 Å². The molecular weight excluding hydrogens is 231 g/mol. The van der Waals surface area contributed by atoms with E-state index in [-0.39, 0.29) is 5.54 Å². The highest BCUT2D eigenvalue weighted by molar-refractivity contribution is 6.40. The Bertz CT molecular complexity index is 221. The minimum atomic E-state index is -1.19. The molecule has 106 valence electrons. The molecule has 0 saturated carbocycles. The minimum absolute atomic E-state index is 0.223. The number of hydrogen-bond acceptors (Lipinski definition) is 5. The molecule has 0 aromatic rings. The highest BCUT2D eigenvalue weighted by Crippen LogP contribution is 2.13. The number of nitrogens with one attached hydrogen (secondary N) is 1. The standard InChI is InChI=1S/C12H27BN2O3/c1-12(14,6-2-3-7-13(16)17)10-15-11-4-8-18-9-5-11/h11,15-17H,2-10,14H2,1H3. The molecule has 1 heterocycles. The van der Waals surface area contributed by atoms with Crippen molar-refractivity contribution in [1.29, 1.82) is 0 Å². The molecule has 0 amide bonds. The summed E-state index contributed by atoms with van der Waals surface area (Å²) in [6.45, 7) is 4.54. The number of ether oxygens (including phenoxy) is 1. The summed E-state index contributed by atoms with van der Waals surface area (Å²) >= 11 is 0. The van der Waals surface area contributed by atoms with Crippen molar-refractivity contribution < 1.29 is 14.8 Å². The molecule has 1 rings (SSSR count). The lowest BCUT2D eigenvalue weighted by Crippen LogP contribution is -2.49. The van der Waals surface area contributed by atoms with E-state index in [0.717, 1.165) is 51.9 Å². The maximum Gasteiger partial charge on any atom is 0.451 e. The van der Waals surface area contributed by atoms with Gasteiger partial charge in [0, 0.05) is 31.3 Å². The fourth-order valence-corrected chi connectivity index (χ4v) is 2.22. The Labute approximate surface area is 110 Å². The third-order valence-electron chi connectivity index (χ3n) is 3.48. The van der Waals surface area contributed by atoms with Gasteiger partial charge in [0.05, 0.1) is 0 Å². The van der Waals surface area contributed by atoms with Gasteiger partial charge in [0.2, 0.25) is 0 Å². The van der Waals surface area contributed by atoms with Crippen LogP contribution in [0, 0.1) is 0 Å². The lowest BCUT2D eigenvalue weighted by atomic mass is 9.82. The summed E-state index contributed by atoms with van der Waals surface area (Å²) in [7, 11) is -1.19. The van der Waals surface area contributed by atoms with Crippen LogP contribution in [-0.2, 0) is 4.74 Å². The molecular formula is C12H27BN2O3. The van der Waals surface area contributed by atoms with Gasteiger partial charge in [-0.2, -0.15) is 0 Å². The van der Waals surface area contributed by atoms with Crippen LogP contribution in [0.3, 0.4) is 0 Å². The van der Waals surface area contributed by atoms with Crippen molar-refractivity contribution in [2.45, 2.75) is 56.9 Å². The minimum Gasteiger partial charge on any atom is -0.427 e. The maximum atomic E-state index is 8.76. The predicted molar refractivity (Wildman–Crippen MR) is 73.3 cm³/mol. The van der Waals surface area contributed by atoms with Crippen molar-refractivity contribution in [3.8, 4) is 0 Å². The van der Waals surface area contributed by atoms with Crippen molar-refractivity contribution in [1.82, 2.24) is 5.32 Å². The summed E-state index contributed by atoms with van der Waals surface area (Å²) in [5.74, 6) is 0. The van der Waals surface area contributed by atoms with Crippen LogP contribution >= 0.6 is 0 Å². The van der Waals surface area contributed by atoms with Crippen molar-refractivity contribution in [3.63, 3.8) is 0 Å². The normalized spacial score (nSPS) is 20.7. The molecule has 18 heavy (non-hydrogen) atoms. The Morgan fingerprint density at radius 3 is 2.61 bits per heavy atom. The third-order valence-corrected chi connectivity index (χ3v) is 3.48. The molecule has 1 saturated heterocycles. The summed E-state index contributed by atoms with van der Waals surface area (Å²) in [5, 5.41) is 21.0. The Morgan fingerprint density at radius 2 is 2.00 bits per heavy atom. The summed E-state index contributed by atoms with van der Waals surface area (Å²) in [4.78, 5) is 0. The second kappa shape index (κ2) is 8.12. The second-order valence-corrected chi connectivity index (χ2v) is 5.65. The predicted octanol–water partition coefficient (Wildman–Crippen LogP) is 0.116. The molecule has 5 N–H and O–H groups in total. The molecule has 0 aromatic carbocycles. The Morgan fingerprint density at radius 1 is 1.33 bits per heavy atom.